The summed E-state index contributed by atoms with van der Waals surface area (Å²) in [4.78, 5) is 0. The van der Waals surface area contributed by atoms with Gasteiger partial charge in [0.1, 0.15) is 0 Å². The summed E-state index contributed by atoms with van der Waals surface area (Å²) in [6, 6.07) is 8.36. The minimum absolute atomic E-state index is 0.277. The minimum atomic E-state index is -0.286. The van der Waals surface area contributed by atoms with Crippen molar-refractivity contribution in [1.82, 2.24) is 0 Å². The molecule has 4 heteroatoms. The second kappa shape index (κ2) is 6.04. The molecular formula is C16H22BBrO2. The van der Waals surface area contributed by atoms with Gasteiger partial charge in [0.05, 0.1) is 11.2 Å². The predicted octanol–water partition coefficient (Wildman–Crippen LogP) is 3.78. The molecule has 1 aliphatic heterocycles. The molecule has 1 fully saturated rings. The highest BCUT2D eigenvalue weighted by Gasteiger charge is 2.51. The summed E-state index contributed by atoms with van der Waals surface area (Å²) in [5.74, 6) is 0. The summed E-state index contributed by atoms with van der Waals surface area (Å²) >= 11 is 3.42. The van der Waals surface area contributed by atoms with Gasteiger partial charge >= 0.3 is 7.12 Å². The molecule has 0 aliphatic carbocycles. The zero-order valence-corrected chi connectivity index (χ0v) is 14.2. The molecule has 1 aromatic carbocycles. The molecule has 0 N–H and O–H groups in total. The van der Waals surface area contributed by atoms with Gasteiger partial charge in [0, 0.05) is 5.33 Å². The van der Waals surface area contributed by atoms with Gasteiger partial charge in [0.15, 0.2) is 0 Å². The molecule has 0 spiro atoms. The van der Waals surface area contributed by atoms with Gasteiger partial charge in [-0.05, 0) is 45.1 Å². The van der Waals surface area contributed by atoms with Crippen LogP contribution in [0.15, 0.2) is 30.3 Å². The quantitative estimate of drug-likeness (QED) is 0.615. The average Bonchev–Trinajstić information content (AvgIpc) is 2.60. The van der Waals surface area contributed by atoms with E-state index in [0.717, 1.165) is 17.2 Å². The summed E-state index contributed by atoms with van der Waals surface area (Å²) in [6.45, 7) is 8.30. The summed E-state index contributed by atoms with van der Waals surface area (Å²) < 4.78 is 12.1. The van der Waals surface area contributed by atoms with Crippen LogP contribution < -0.4 is 5.46 Å². The van der Waals surface area contributed by atoms with Crippen LogP contribution in [-0.2, 0) is 9.31 Å². The first kappa shape index (κ1) is 15.8. The van der Waals surface area contributed by atoms with Crippen LogP contribution in [0.4, 0.5) is 0 Å². The Labute approximate surface area is 130 Å². The SMILES string of the molecule is CC1(C)OB(c2ccc(C=CCCBr)cc2)OC1(C)C. The maximum Gasteiger partial charge on any atom is 0.494 e. The van der Waals surface area contributed by atoms with Gasteiger partial charge in [-0.3, -0.25) is 0 Å². The van der Waals surface area contributed by atoms with E-state index in [1.807, 2.05) is 0 Å². The van der Waals surface area contributed by atoms with E-state index in [4.69, 9.17) is 9.31 Å². The molecule has 0 bridgehead atoms. The molecule has 1 heterocycles. The van der Waals surface area contributed by atoms with Crippen molar-refractivity contribution in [3.63, 3.8) is 0 Å². The number of rotatable bonds is 4. The number of alkyl halides is 1. The highest BCUT2D eigenvalue weighted by molar-refractivity contribution is 9.09. The molecule has 2 rings (SSSR count). The lowest BCUT2D eigenvalue weighted by Gasteiger charge is -2.32. The second-order valence-corrected chi connectivity index (χ2v) is 6.93. The lowest BCUT2D eigenvalue weighted by atomic mass is 9.79. The first-order chi connectivity index (χ1) is 9.36. The summed E-state index contributed by atoms with van der Waals surface area (Å²) in [5.41, 5.74) is 1.70. The zero-order valence-electron chi connectivity index (χ0n) is 12.7. The van der Waals surface area contributed by atoms with Crippen molar-refractivity contribution in [3.8, 4) is 0 Å². The molecule has 0 unspecified atom stereocenters. The largest absolute Gasteiger partial charge is 0.494 e. The lowest BCUT2D eigenvalue weighted by molar-refractivity contribution is 0.00578. The first-order valence-corrected chi connectivity index (χ1v) is 8.16. The number of hydrogen-bond donors (Lipinski definition) is 0. The van der Waals surface area contributed by atoms with Crippen molar-refractivity contribution in [3.05, 3.63) is 35.9 Å². The van der Waals surface area contributed by atoms with E-state index in [1.54, 1.807) is 0 Å². The predicted molar refractivity (Wildman–Crippen MR) is 89.6 cm³/mol. The van der Waals surface area contributed by atoms with Crippen LogP contribution in [0, 0.1) is 0 Å². The average molecular weight is 337 g/mol. The van der Waals surface area contributed by atoms with Crippen LogP contribution in [-0.4, -0.2) is 23.7 Å². The molecule has 2 nitrogen and oxygen atoms in total. The fourth-order valence-corrected chi connectivity index (χ4v) is 2.29. The van der Waals surface area contributed by atoms with E-state index in [1.165, 1.54) is 5.56 Å². The molecule has 20 heavy (non-hydrogen) atoms. The molecule has 0 radical (unpaired) electrons. The van der Waals surface area contributed by atoms with Crippen molar-refractivity contribution in [1.29, 1.82) is 0 Å². The monoisotopic (exact) mass is 336 g/mol. The highest BCUT2D eigenvalue weighted by atomic mass is 79.9. The molecule has 0 saturated carbocycles. The lowest BCUT2D eigenvalue weighted by Crippen LogP contribution is -2.41. The fraction of sp³-hybridized carbons (Fsp3) is 0.500. The van der Waals surface area contributed by atoms with Crippen LogP contribution in [0.1, 0.15) is 39.7 Å². The standard InChI is InChI=1S/C16H22BBrO2/c1-15(2)16(3,4)20-17(19-15)14-10-8-13(9-11-14)7-5-6-12-18/h5,7-11H,6,12H2,1-4H3. The van der Waals surface area contributed by atoms with Crippen LogP contribution >= 0.6 is 15.9 Å². The molecule has 1 saturated heterocycles. The topological polar surface area (TPSA) is 18.5 Å². The van der Waals surface area contributed by atoms with Gasteiger partial charge < -0.3 is 9.31 Å². The zero-order chi connectivity index (χ0) is 14.8. The molecule has 108 valence electrons. The number of hydrogen-bond acceptors (Lipinski definition) is 2. The van der Waals surface area contributed by atoms with Crippen molar-refractivity contribution >= 4 is 34.6 Å². The third kappa shape index (κ3) is 3.36. The van der Waals surface area contributed by atoms with Crippen molar-refractivity contribution in [2.75, 3.05) is 5.33 Å². The Morgan fingerprint density at radius 2 is 1.60 bits per heavy atom. The van der Waals surface area contributed by atoms with E-state index < -0.39 is 0 Å². The molecular weight excluding hydrogens is 315 g/mol. The number of halogens is 1. The normalized spacial score (nSPS) is 20.8. The van der Waals surface area contributed by atoms with Gasteiger partial charge in [-0.25, -0.2) is 0 Å². The Morgan fingerprint density at radius 3 is 2.10 bits per heavy atom. The highest BCUT2D eigenvalue weighted by Crippen LogP contribution is 2.36. The van der Waals surface area contributed by atoms with Crippen molar-refractivity contribution < 1.29 is 9.31 Å². The molecule has 1 aliphatic rings. The van der Waals surface area contributed by atoms with Gasteiger partial charge in [-0.1, -0.05) is 52.3 Å². The maximum atomic E-state index is 6.04. The van der Waals surface area contributed by atoms with Crippen molar-refractivity contribution in [2.45, 2.75) is 45.3 Å². The molecule has 0 aromatic heterocycles. The van der Waals surface area contributed by atoms with E-state index in [2.05, 4.69) is 80.0 Å². The summed E-state index contributed by atoms with van der Waals surface area (Å²) in [5, 5.41) is 0.996. The Kier molecular flexibility index (Phi) is 4.78. The van der Waals surface area contributed by atoms with E-state index in [9.17, 15) is 0 Å². The summed E-state index contributed by atoms with van der Waals surface area (Å²) in [6.07, 6.45) is 5.34. The van der Waals surface area contributed by atoms with Crippen LogP contribution in [0.5, 0.6) is 0 Å². The van der Waals surface area contributed by atoms with Gasteiger partial charge in [-0.15, -0.1) is 0 Å². The van der Waals surface area contributed by atoms with Crippen LogP contribution in [0.3, 0.4) is 0 Å². The smallest absolute Gasteiger partial charge is 0.399 e. The van der Waals surface area contributed by atoms with Crippen LogP contribution in [0.2, 0.25) is 0 Å². The van der Waals surface area contributed by atoms with Gasteiger partial charge in [-0.2, -0.15) is 0 Å². The van der Waals surface area contributed by atoms with Gasteiger partial charge in [0.2, 0.25) is 0 Å². The van der Waals surface area contributed by atoms with Crippen LogP contribution in [0.25, 0.3) is 6.08 Å². The number of allylic oxidation sites excluding steroid dienone is 1. The third-order valence-corrected chi connectivity index (χ3v) is 4.51. The number of benzene rings is 1. The molecule has 0 amide bonds. The maximum absolute atomic E-state index is 6.04. The Balaban J connectivity index is 2.08. The Morgan fingerprint density at radius 1 is 1.05 bits per heavy atom. The third-order valence-electron chi connectivity index (χ3n) is 4.05. The molecule has 0 atom stereocenters. The summed E-state index contributed by atoms with van der Waals surface area (Å²) in [7, 11) is -0.277. The van der Waals surface area contributed by atoms with E-state index >= 15 is 0 Å². The fourth-order valence-electron chi connectivity index (χ4n) is 2.03. The Hall–Kier alpha value is -0.575. The second-order valence-electron chi connectivity index (χ2n) is 6.13. The van der Waals surface area contributed by atoms with E-state index in [-0.39, 0.29) is 18.3 Å². The first-order valence-electron chi connectivity index (χ1n) is 7.04. The van der Waals surface area contributed by atoms with Gasteiger partial charge in [0.25, 0.3) is 0 Å². The van der Waals surface area contributed by atoms with E-state index in [0.29, 0.717) is 0 Å². The molecule has 1 aromatic rings. The minimum Gasteiger partial charge on any atom is -0.399 e. The van der Waals surface area contributed by atoms with Crippen molar-refractivity contribution in [2.24, 2.45) is 0 Å². The Bertz CT molecular complexity index is 464.